The molecule has 3 heterocycles. The minimum atomic E-state index is -3.44. The van der Waals surface area contributed by atoms with Gasteiger partial charge in [0.25, 0.3) is 0 Å². The molecule has 1 saturated heterocycles. The zero-order valence-corrected chi connectivity index (χ0v) is 21.1. The highest BCUT2D eigenvalue weighted by Gasteiger charge is 2.38. The minimum absolute atomic E-state index is 0.00400. The van der Waals surface area contributed by atoms with Crippen molar-refractivity contribution in [1.29, 1.82) is 0 Å². The van der Waals surface area contributed by atoms with Crippen LogP contribution >= 0.6 is 0 Å². The molecule has 2 aromatic heterocycles. The lowest BCUT2D eigenvalue weighted by molar-refractivity contribution is -0.141. The average Bonchev–Trinajstić information content (AvgIpc) is 3.53. The fourth-order valence-corrected chi connectivity index (χ4v) is 5.55. The summed E-state index contributed by atoms with van der Waals surface area (Å²) in [5, 5.41) is 16.3. The van der Waals surface area contributed by atoms with Crippen LogP contribution in [-0.4, -0.2) is 99.2 Å². The van der Waals surface area contributed by atoms with Crippen LogP contribution in [0.4, 0.5) is 0 Å². The molecular formula is C20H32N8O6S. The molecule has 0 radical (unpaired) electrons. The van der Waals surface area contributed by atoms with Gasteiger partial charge in [-0.15, -0.1) is 10.2 Å². The molecule has 3 rings (SSSR count). The summed E-state index contributed by atoms with van der Waals surface area (Å²) in [5.74, 6) is -0.549. The average molecular weight is 513 g/mol. The van der Waals surface area contributed by atoms with Crippen LogP contribution in [0.1, 0.15) is 37.1 Å². The second-order valence-corrected chi connectivity index (χ2v) is 10.5. The Morgan fingerprint density at radius 1 is 1.00 bits per heavy atom. The van der Waals surface area contributed by atoms with Gasteiger partial charge in [0.05, 0.1) is 37.9 Å². The van der Waals surface area contributed by atoms with Gasteiger partial charge in [0.15, 0.2) is 0 Å². The molecule has 1 atom stereocenters. The van der Waals surface area contributed by atoms with Gasteiger partial charge in [0.1, 0.15) is 0 Å². The molecular weight excluding hydrogens is 480 g/mol. The molecule has 1 fully saturated rings. The number of methoxy groups -OCH3 is 2. The number of aryl methyl sites for hydroxylation is 2. The lowest BCUT2D eigenvalue weighted by Gasteiger charge is -2.21. The summed E-state index contributed by atoms with van der Waals surface area (Å²) in [4.78, 5) is 24.4. The topological polar surface area (TPSA) is 155 Å². The van der Waals surface area contributed by atoms with Gasteiger partial charge in [-0.1, -0.05) is 10.4 Å². The molecule has 0 aromatic carbocycles. The van der Waals surface area contributed by atoms with E-state index in [9.17, 15) is 18.0 Å². The zero-order valence-electron chi connectivity index (χ0n) is 20.2. The molecule has 15 heteroatoms. The first-order valence-corrected chi connectivity index (χ1v) is 12.9. The summed E-state index contributed by atoms with van der Waals surface area (Å²) in [6.07, 6.45) is 5.23. The molecule has 0 bridgehead atoms. The van der Waals surface area contributed by atoms with E-state index in [1.54, 1.807) is 21.8 Å². The lowest BCUT2D eigenvalue weighted by atomic mass is 10.2. The third-order valence-corrected chi connectivity index (χ3v) is 7.62. The van der Waals surface area contributed by atoms with E-state index in [1.165, 1.54) is 18.5 Å². The Bertz CT molecular complexity index is 1100. The molecule has 0 amide bonds. The molecule has 194 valence electrons. The van der Waals surface area contributed by atoms with Gasteiger partial charge in [-0.25, -0.2) is 8.42 Å². The molecule has 1 aliphatic heterocycles. The second-order valence-electron chi connectivity index (χ2n) is 8.45. The Kier molecular flexibility index (Phi) is 9.28. The molecule has 35 heavy (non-hydrogen) atoms. The maximum atomic E-state index is 12.7. The van der Waals surface area contributed by atoms with Crippen molar-refractivity contribution >= 4 is 22.0 Å². The second kappa shape index (κ2) is 12.2. The van der Waals surface area contributed by atoms with Crippen molar-refractivity contribution in [2.24, 2.45) is 0 Å². The molecule has 14 nitrogen and oxygen atoms in total. The van der Waals surface area contributed by atoms with E-state index in [4.69, 9.17) is 0 Å². The number of ether oxygens (including phenoxy) is 2. The van der Waals surface area contributed by atoms with Crippen molar-refractivity contribution in [3.05, 3.63) is 23.8 Å². The molecule has 0 N–H and O–H groups in total. The number of hydrogen-bond acceptors (Lipinski definition) is 11. The number of carbonyl (C=O) groups is 2. The first kappa shape index (κ1) is 26.7. The van der Waals surface area contributed by atoms with E-state index in [2.05, 4.69) is 30.1 Å². The SMILES string of the molecule is COC(=O)CCCn1cc(CN(C)C2CN(Cc3cn(CCCC(=O)OC)nn3)S(=O)(=O)C2)nn1. The van der Waals surface area contributed by atoms with Crippen LogP contribution in [0.3, 0.4) is 0 Å². The summed E-state index contributed by atoms with van der Waals surface area (Å²) < 4.78 is 39.4. The molecule has 0 saturated carbocycles. The lowest BCUT2D eigenvalue weighted by Crippen LogP contribution is -2.35. The monoisotopic (exact) mass is 512 g/mol. The number of nitrogens with zero attached hydrogens (tertiary/aromatic N) is 8. The van der Waals surface area contributed by atoms with Crippen LogP contribution in [0, 0.1) is 0 Å². The van der Waals surface area contributed by atoms with Crippen molar-refractivity contribution in [2.75, 3.05) is 33.6 Å². The fourth-order valence-electron chi connectivity index (χ4n) is 3.76. The van der Waals surface area contributed by atoms with Crippen molar-refractivity contribution in [2.45, 2.75) is 57.9 Å². The summed E-state index contributed by atoms with van der Waals surface area (Å²) in [7, 11) is 1.12. The standard InChI is InChI=1S/C20H32N8O6S/c1-25(10-16-11-26(23-21-16)8-4-6-19(29)33-2)18-14-28(35(31,32)15-18)13-17-12-27(24-22-17)9-5-7-20(30)34-3/h11-12,18H,4-10,13-15H2,1-3H3. The van der Waals surface area contributed by atoms with Crippen LogP contribution < -0.4 is 0 Å². The molecule has 0 spiro atoms. The third kappa shape index (κ3) is 7.80. The minimum Gasteiger partial charge on any atom is -0.469 e. The van der Waals surface area contributed by atoms with E-state index in [-0.39, 0.29) is 36.7 Å². The van der Waals surface area contributed by atoms with E-state index in [0.29, 0.717) is 51.1 Å². The predicted molar refractivity (Wildman–Crippen MR) is 122 cm³/mol. The Morgan fingerprint density at radius 3 is 2.11 bits per heavy atom. The maximum absolute atomic E-state index is 12.7. The summed E-state index contributed by atoms with van der Waals surface area (Å²) in [5.41, 5.74) is 1.26. The number of esters is 2. The zero-order chi connectivity index (χ0) is 25.4. The molecule has 2 aromatic rings. The van der Waals surface area contributed by atoms with Crippen molar-refractivity contribution in [3.63, 3.8) is 0 Å². The highest BCUT2D eigenvalue weighted by Crippen LogP contribution is 2.21. The van der Waals surface area contributed by atoms with E-state index in [1.807, 2.05) is 11.9 Å². The Morgan fingerprint density at radius 2 is 1.54 bits per heavy atom. The predicted octanol–water partition coefficient (Wildman–Crippen LogP) is -0.578. The van der Waals surface area contributed by atoms with E-state index >= 15 is 0 Å². The molecule has 0 aliphatic carbocycles. The van der Waals surface area contributed by atoms with Crippen LogP contribution in [-0.2, 0) is 55.3 Å². The Balaban J connectivity index is 1.49. The van der Waals surface area contributed by atoms with Crippen LogP contribution in [0.5, 0.6) is 0 Å². The Hall–Kier alpha value is -2.91. The largest absolute Gasteiger partial charge is 0.469 e. The molecule has 1 aliphatic rings. The normalized spacial score (nSPS) is 17.7. The Labute approximate surface area is 204 Å². The van der Waals surface area contributed by atoms with Crippen molar-refractivity contribution in [1.82, 2.24) is 39.2 Å². The van der Waals surface area contributed by atoms with Gasteiger partial charge >= 0.3 is 11.9 Å². The first-order valence-electron chi connectivity index (χ1n) is 11.3. The highest BCUT2D eigenvalue weighted by atomic mass is 32.2. The number of likely N-dealkylation sites (N-methyl/N-ethyl adjacent to an activating group) is 1. The summed E-state index contributed by atoms with van der Waals surface area (Å²) in [6, 6.07) is -0.209. The maximum Gasteiger partial charge on any atom is 0.305 e. The van der Waals surface area contributed by atoms with E-state index < -0.39 is 10.0 Å². The number of rotatable bonds is 13. The number of aromatic nitrogens is 6. The number of carbonyl (C=O) groups excluding carboxylic acids is 2. The first-order chi connectivity index (χ1) is 16.7. The van der Waals surface area contributed by atoms with Gasteiger partial charge in [-0.2, -0.15) is 4.31 Å². The molecule has 1 unspecified atom stereocenters. The van der Waals surface area contributed by atoms with Crippen molar-refractivity contribution < 1.29 is 27.5 Å². The number of hydrogen-bond donors (Lipinski definition) is 0. The van der Waals surface area contributed by atoms with Crippen LogP contribution in [0.2, 0.25) is 0 Å². The van der Waals surface area contributed by atoms with Gasteiger partial charge in [-0.3, -0.25) is 23.9 Å². The van der Waals surface area contributed by atoms with Gasteiger partial charge in [0, 0.05) is 57.5 Å². The van der Waals surface area contributed by atoms with Gasteiger partial charge in [0.2, 0.25) is 10.0 Å². The van der Waals surface area contributed by atoms with Crippen LogP contribution in [0.25, 0.3) is 0 Å². The van der Waals surface area contributed by atoms with Crippen LogP contribution in [0.15, 0.2) is 12.4 Å². The highest BCUT2D eigenvalue weighted by molar-refractivity contribution is 7.89. The summed E-state index contributed by atoms with van der Waals surface area (Å²) in [6.45, 7) is 1.95. The smallest absolute Gasteiger partial charge is 0.305 e. The van der Waals surface area contributed by atoms with Gasteiger partial charge in [-0.05, 0) is 19.9 Å². The third-order valence-electron chi connectivity index (χ3n) is 5.75. The van der Waals surface area contributed by atoms with E-state index in [0.717, 1.165) is 5.69 Å². The van der Waals surface area contributed by atoms with Gasteiger partial charge < -0.3 is 9.47 Å². The van der Waals surface area contributed by atoms with Crippen molar-refractivity contribution in [3.8, 4) is 0 Å². The number of sulfonamides is 1. The quantitative estimate of drug-likeness (QED) is 0.317. The summed E-state index contributed by atoms with van der Waals surface area (Å²) >= 11 is 0. The fraction of sp³-hybridized carbons (Fsp3) is 0.700.